The molecule has 0 amide bonds. The van der Waals surface area contributed by atoms with E-state index in [-0.39, 0.29) is 11.6 Å². The maximum atomic E-state index is 10.8. The second-order valence-corrected chi connectivity index (χ2v) is 4.92. The van der Waals surface area contributed by atoms with Crippen LogP contribution in [0.15, 0.2) is 47.6 Å². The minimum Gasteiger partial charge on any atom is -0.293 e. The van der Waals surface area contributed by atoms with Gasteiger partial charge in [-0.05, 0) is 46.3 Å². The van der Waals surface area contributed by atoms with Gasteiger partial charge in [-0.1, -0.05) is 18.7 Å². The van der Waals surface area contributed by atoms with Crippen molar-refractivity contribution in [1.29, 1.82) is 0 Å². The molecule has 0 spiro atoms. The van der Waals surface area contributed by atoms with Crippen molar-refractivity contribution >= 4 is 33.6 Å². The Hall–Kier alpha value is -2.14. The largest absolute Gasteiger partial charge is 0.293 e. The third-order valence-electron chi connectivity index (χ3n) is 2.42. The SMILES string of the molecule is C=Cc1cccc(C(C)=O)n1.CC(=O)c1cccc(Br)n1. The monoisotopic (exact) mass is 346 g/mol. The van der Waals surface area contributed by atoms with Crippen molar-refractivity contribution in [3.8, 4) is 0 Å². The van der Waals surface area contributed by atoms with Crippen LogP contribution in [0.2, 0.25) is 0 Å². The second-order valence-electron chi connectivity index (χ2n) is 4.11. The summed E-state index contributed by atoms with van der Waals surface area (Å²) >= 11 is 3.17. The highest BCUT2D eigenvalue weighted by atomic mass is 79.9. The molecule has 0 bridgehead atoms. The highest BCUT2D eigenvalue weighted by molar-refractivity contribution is 9.10. The maximum Gasteiger partial charge on any atom is 0.178 e. The number of pyridine rings is 2. The molecule has 0 aromatic carbocycles. The Bertz CT molecular complexity index is 669. The molecule has 5 heteroatoms. The zero-order valence-corrected chi connectivity index (χ0v) is 13.4. The summed E-state index contributed by atoms with van der Waals surface area (Å²) in [7, 11) is 0. The first-order chi connectivity index (χ1) is 9.93. The number of hydrogen-bond donors (Lipinski definition) is 0. The van der Waals surface area contributed by atoms with Crippen molar-refractivity contribution in [3.63, 3.8) is 0 Å². The first-order valence-electron chi connectivity index (χ1n) is 6.18. The normalized spacial score (nSPS) is 9.29. The van der Waals surface area contributed by atoms with Crippen LogP contribution in [0.4, 0.5) is 0 Å². The van der Waals surface area contributed by atoms with Gasteiger partial charge in [0.15, 0.2) is 11.6 Å². The van der Waals surface area contributed by atoms with Gasteiger partial charge < -0.3 is 0 Å². The lowest BCUT2D eigenvalue weighted by molar-refractivity contribution is 0.100. The van der Waals surface area contributed by atoms with Crippen molar-refractivity contribution in [1.82, 2.24) is 9.97 Å². The molecule has 0 aliphatic heterocycles. The molecule has 2 aromatic heterocycles. The summed E-state index contributed by atoms with van der Waals surface area (Å²) in [5.41, 5.74) is 1.72. The highest BCUT2D eigenvalue weighted by Gasteiger charge is 1.99. The number of ketones is 2. The highest BCUT2D eigenvalue weighted by Crippen LogP contribution is 2.06. The van der Waals surface area contributed by atoms with Crippen LogP contribution in [-0.4, -0.2) is 21.5 Å². The Morgan fingerprint density at radius 3 is 1.95 bits per heavy atom. The van der Waals surface area contributed by atoms with Crippen molar-refractivity contribution in [2.75, 3.05) is 0 Å². The first kappa shape index (κ1) is 16.9. The Balaban J connectivity index is 0.000000211. The maximum absolute atomic E-state index is 10.8. The van der Waals surface area contributed by atoms with E-state index >= 15 is 0 Å². The van der Waals surface area contributed by atoms with Crippen LogP contribution < -0.4 is 0 Å². The van der Waals surface area contributed by atoms with Gasteiger partial charge >= 0.3 is 0 Å². The number of aromatic nitrogens is 2. The van der Waals surface area contributed by atoms with Crippen LogP contribution in [-0.2, 0) is 0 Å². The summed E-state index contributed by atoms with van der Waals surface area (Å²) in [5, 5.41) is 0. The second kappa shape index (κ2) is 8.21. The number of carbonyl (C=O) groups excluding carboxylic acids is 2. The van der Waals surface area contributed by atoms with Crippen LogP contribution in [0.1, 0.15) is 40.5 Å². The fraction of sp³-hybridized carbons (Fsp3) is 0.125. The van der Waals surface area contributed by atoms with Crippen LogP contribution in [0.3, 0.4) is 0 Å². The van der Waals surface area contributed by atoms with E-state index in [1.54, 1.807) is 42.5 Å². The van der Waals surface area contributed by atoms with Crippen LogP contribution in [0.5, 0.6) is 0 Å². The van der Waals surface area contributed by atoms with Gasteiger partial charge in [-0.3, -0.25) is 9.59 Å². The lowest BCUT2D eigenvalue weighted by Gasteiger charge is -1.94. The average molecular weight is 347 g/mol. The molecule has 0 radical (unpaired) electrons. The van der Waals surface area contributed by atoms with Crippen molar-refractivity contribution in [2.24, 2.45) is 0 Å². The molecule has 108 valence electrons. The molecule has 0 N–H and O–H groups in total. The number of rotatable bonds is 3. The minimum atomic E-state index is -0.0197. The zero-order chi connectivity index (χ0) is 15.8. The van der Waals surface area contributed by atoms with Crippen LogP contribution >= 0.6 is 15.9 Å². The van der Waals surface area contributed by atoms with Gasteiger partial charge in [0.25, 0.3) is 0 Å². The summed E-state index contributed by atoms with van der Waals surface area (Å²) in [4.78, 5) is 29.5. The minimum absolute atomic E-state index is 0.0127. The Morgan fingerprint density at radius 1 is 1.00 bits per heavy atom. The predicted molar refractivity (Wildman–Crippen MR) is 86.3 cm³/mol. The number of halogens is 1. The lowest BCUT2D eigenvalue weighted by atomic mass is 10.2. The molecule has 0 aliphatic carbocycles. The van der Waals surface area contributed by atoms with Gasteiger partial charge in [-0.2, -0.15) is 0 Å². The van der Waals surface area contributed by atoms with Gasteiger partial charge in [0.1, 0.15) is 16.0 Å². The fourth-order valence-corrected chi connectivity index (χ4v) is 1.71. The zero-order valence-electron chi connectivity index (χ0n) is 11.8. The summed E-state index contributed by atoms with van der Waals surface area (Å²) < 4.78 is 0.695. The van der Waals surface area contributed by atoms with E-state index in [0.29, 0.717) is 16.0 Å². The molecular weight excluding hydrogens is 332 g/mol. The molecular formula is C16H15BrN2O2. The van der Waals surface area contributed by atoms with Gasteiger partial charge in [0, 0.05) is 13.8 Å². The molecule has 0 saturated heterocycles. The first-order valence-corrected chi connectivity index (χ1v) is 6.97. The Kier molecular flexibility index (Phi) is 6.62. The molecule has 21 heavy (non-hydrogen) atoms. The van der Waals surface area contributed by atoms with E-state index in [2.05, 4.69) is 32.5 Å². The molecule has 0 saturated carbocycles. The van der Waals surface area contributed by atoms with Gasteiger partial charge in [0.05, 0.1) is 5.69 Å². The lowest BCUT2D eigenvalue weighted by Crippen LogP contribution is -1.96. The molecule has 0 fully saturated rings. The molecule has 0 unspecified atom stereocenters. The van der Waals surface area contributed by atoms with Gasteiger partial charge in [0.2, 0.25) is 0 Å². The van der Waals surface area contributed by atoms with E-state index in [9.17, 15) is 9.59 Å². The summed E-state index contributed by atoms with van der Waals surface area (Å²) in [6, 6.07) is 10.5. The fourth-order valence-electron chi connectivity index (χ4n) is 1.37. The molecule has 2 aromatic rings. The van der Waals surface area contributed by atoms with E-state index in [4.69, 9.17) is 0 Å². The van der Waals surface area contributed by atoms with Gasteiger partial charge in [-0.15, -0.1) is 0 Å². The smallest absolute Gasteiger partial charge is 0.178 e. The van der Waals surface area contributed by atoms with E-state index in [1.165, 1.54) is 13.8 Å². The summed E-state index contributed by atoms with van der Waals surface area (Å²) in [6.45, 7) is 6.55. The third-order valence-corrected chi connectivity index (χ3v) is 2.86. The molecule has 0 aliphatic rings. The Morgan fingerprint density at radius 2 is 1.52 bits per heavy atom. The van der Waals surface area contributed by atoms with Crippen molar-refractivity contribution in [2.45, 2.75) is 13.8 Å². The quantitative estimate of drug-likeness (QED) is 0.623. The van der Waals surface area contributed by atoms with E-state index in [1.807, 2.05) is 0 Å². The Labute approximate surface area is 132 Å². The summed E-state index contributed by atoms with van der Waals surface area (Å²) in [5.74, 6) is -0.0324. The molecule has 4 nitrogen and oxygen atoms in total. The number of hydrogen-bond acceptors (Lipinski definition) is 4. The molecule has 0 atom stereocenters. The van der Waals surface area contributed by atoms with E-state index in [0.717, 1.165) is 5.69 Å². The molecule has 2 rings (SSSR count). The predicted octanol–water partition coefficient (Wildman–Crippen LogP) is 3.97. The topological polar surface area (TPSA) is 59.9 Å². The standard InChI is InChI=1S/C9H9NO.C7H6BrNO/c1-3-8-5-4-6-9(10-8)7(2)11;1-5(10)6-3-2-4-7(8)9-6/h3-6H,1H2,2H3;2-4H,1H3. The average Bonchev–Trinajstić information content (AvgIpc) is 2.48. The van der Waals surface area contributed by atoms with Crippen molar-refractivity contribution in [3.05, 3.63) is 64.7 Å². The number of carbonyl (C=O) groups is 2. The number of nitrogens with zero attached hydrogens (tertiary/aromatic N) is 2. The van der Waals surface area contributed by atoms with Crippen LogP contribution in [0.25, 0.3) is 6.08 Å². The van der Waals surface area contributed by atoms with Gasteiger partial charge in [-0.25, -0.2) is 9.97 Å². The summed E-state index contributed by atoms with van der Waals surface area (Å²) in [6.07, 6.45) is 1.62. The van der Waals surface area contributed by atoms with E-state index < -0.39 is 0 Å². The third kappa shape index (κ3) is 5.79. The van der Waals surface area contributed by atoms with Crippen LogP contribution in [0, 0.1) is 0 Å². The van der Waals surface area contributed by atoms with Crippen molar-refractivity contribution < 1.29 is 9.59 Å². The number of Topliss-reactive ketones (excluding diaryl/α,β-unsaturated/α-hetero) is 2. The molecule has 2 heterocycles.